The molecule has 1 atom stereocenters. The lowest BCUT2D eigenvalue weighted by atomic mass is 9.97. The Morgan fingerprint density at radius 2 is 2.00 bits per heavy atom. The minimum absolute atomic E-state index is 0.0705. The van der Waals surface area contributed by atoms with E-state index in [9.17, 15) is 13.2 Å². The second-order valence-corrected chi connectivity index (χ2v) is 7.88. The van der Waals surface area contributed by atoms with Gasteiger partial charge >= 0.3 is 0 Å². The van der Waals surface area contributed by atoms with Gasteiger partial charge in [0, 0.05) is 25.7 Å². The molecular weight excluding hydrogens is 278 g/mol. The highest BCUT2D eigenvalue weighted by atomic mass is 32.2. The van der Waals surface area contributed by atoms with Gasteiger partial charge in [0.05, 0.1) is 11.7 Å². The van der Waals surface area contributed by atoms with Gasteiger partial charge in [-0.1, -0.05) is 0 Å². The van der Waals surface area contributed by atoms with Crippen molar-refractivity contribution < 1.29 is 13.2 Å². The normalized spacial score (nSPS) is 26.4. The fraction of sp³-hybridized carbons (Fsp3) is 0.923. The quantitative estimate of drug-likeness (QED) is 0.761. The molecule has 2 saturated heterocycles. The summed E-state index contributed by atoms with van der Waals surface area (Å²) in [6, 6.07) is 0.118. The zero-order valence-corrected chi connectivity index (χ0v) is 12.9. The van der Waals surface area contributed by atoms with Crippen LogP contribution in [-0.2, 0) is 14.8 Å². The molecule has 0 aromatic carbocycles. The molecule has 0 unspecified atom stereocenters. The maximum absolute atomic E-state index is 12.1. The van der Waals surface area contributed by atoms with E-state index in [1.165, 1.54) is 4.31 Å². The van der Waals surface area contributed by atoms with E-state index in [1.807, 2.05) is 0 Å². The van der Waals surface area contributed by atoms with E-state index in [-0.39, 0.29) is 23.6 Å². The van der Waals surface area contributed by atoms with Crippen molar-refractivity contribution in [3.8, 4) is 0 Å². The molecule has 0 saturated carbocycles. The van der Waals surface area contributed by atoms with Crippen LogP contribution in [0.1, 0.15) is 32.6 Å². The van der Waals surface area contributed by atoms with Crippen molar-refractivity contribution in [2.45, 2.75) is 38.6 Å². The maximum atomic E-state index is 12.1. The van der Waals surface area contributed by atoms with E-state index < -0.39 is 10.0 Å². The van der Waals surface area contributed by atoms with Crippen molar-refractivity contribution in [1.82, 2.24) is 14.9 Å². The molecule has 6 nitrogen and oxygen atoms in total. The predicted molar refractivity (Wildman–Crippen MR) is 77.8 cm³/mol. The fourth-order valence-corrected chi connectivity index (χ4v) is 3.99. The van der Waals surface area contributed by atoms with Gasteiger partial charge < -0.3 is 10.6 Å². The van der Waals surface area contributed by atoms with Crippen LogP contribution < -0.4 is 10.6 Å². The molecule has 0 bridgehead atoms. The van der Waals surface area contributed by atoms with Crippen LogP contribution >= 0.6 is 0 Å². The number of nitrogens with one attached hydrogen (secondary N) is 2. The highest BCUT2D eigenvalue weighted by Gasteiger charge is 2.29. The molecule has 0 aromatic rings. The van der Waals surface area contributed by atoms with Crippen LogP contribution in [0, 0.1) is 5.92 Å². The minimum Gasteiger partial charge on any atom is -0.353 e. The number of piperidine rings is 2. The minimum atomic E-state index is -3.08. The van der Waals surface area contributed by atoms with Gasteiger partial charge in [-0.05, 0) is 39.2 Å². The highest BCUT2D eigenvalue weighted by molar-refractivity contribution is 7.89. The molecule has 7 heteroatoms. The van der Waals surface area contributed by atoms with Crippen molar-refractivity contribution >= 4 is 15.9 Å². The maximum Gasteiger partial charge on any atom is 0.224 e. The van der Waals surface area contributed by atoms with Gasteiger partial charge in [0.25, 0.3) is 0 Å². The molecular formula is C13H25N3O3S. The Morgan fingerprint density at radius 3 is 2.55 bits per heavy atom. The first-order chi connectivity index (χ1) is 9.53. The smallest absolute Gasteiger partial charge is 0.224 e. The van der Waals surface area contributed by atoms with Crippen LogP contribution in [0.15, 0.2) is 0 Å². The molecule has 0 radical (unpaired) electrons. The average molecular weight is 303 g/mol. The number of hydrogen-bond acceptors (Lipinski definition) is 4. The van der Waals surface area contributed by atoms with Crippen LogP contribution in [0.4, 0.5) is 0 Å². The first-order valence-electron chi connectivity index (χ1n) is 7.52. The van der Waals surface area contributed by atoms with Crippen molar-refractivity contribution in [3.05, 3.63) is 0 Å². The SMILES string of the molecule is CCS(=O)(=O)N1CCC(NC(=O)[C@H]2CCCNC2)CC1. The molecule has 0 aromatic heterocycles. The van der Waals surface area contributed by atoms with E-state index in [0.29, 0.717) is 25.9 Å². The molecule has 2 fully saturated rings. The third-order valence-electron chi connectivity index (χ3n) is 4.23. The van der Waals surface area contributed by atoms with Gasteiger partial charge in [-0.2, -0.15) is 0 Å². The van der Waals surface area contributed by atoms with Gasteiger partial charge in [-0.15, -0.1) is 0 Å². The molecule has 2 heterocycles. The van der Waals surface area contributed by atoms with Crippen molar-refractivity contribution in [2.24, 2.45) is 5.92 Å². The Kier molecular flexibility index (Phi) is 5.40. The molecule has 116 valence electrons. The summed E-state index contributed by atoms with van der Waals surface area (Å²) in [6.45, 7) is 4.46. The Balaban J connectivity index is 1.78. The van der Waals surface area contributed by atoms with Crippen LogP contribution in [0.25, 0.3) is 0 Å². The molecule has 2 rings (SSSR count). The molecule has 0 spiro atoms. The van der Waals surface area contributed by atoms with Gasteiger partial charge in [0.15, 0.2) is 0 Å². The third kappa shape index (κ3) is 3.93. The number of amides is 1. The summed E-state index contributed by atoms with van der Waals surface area (Å²) >= 11 is 0. The van der Waals surface area contributed by atoms with E-state index in [4.69, 9.17) is 0 Å². The molecule has 1 amide bonds. The average Bonchev–Trinajstić information content (AvgIpc) is 2.48. The number of rotatable bonds is 4. The summed E-state index contributed by atoms with van der Waals surface area (Å²) in [5, 5.41) is 6.32. The van der Waals surface area contributed by atoms with E-state index in [1.54, 1.807) is 6.92 Å². The van der Waals surface area contributed by atoms with Gasteiger partial charge in [0.2, 0.25) is 15.9 Å². The summed E-state index contributed by atoms with van der Waals surface area (Å²) in [7, 11) is -3.08. The van der Waals surface area contributed by atoms with E-state index in [2.05, 4.69) is 10.6 Å². The molecule has 20 heavy (non-hydrogen) atoms. The fourth-order valence-electron chi connectivity index (χ4n) is 2.86. The van der Waals surface area contributed by atoms with Crippen molar-refractivity contribution in [1.29, 1.82) is 0 Å². The topological polar surface area (TPSA) is 78.5 Å². The zero-order valence-electron chi connectivity index (χ0n) is 12.1. The van der Waals surface area contributed by atoms with Gasteiger partial charge in [-0.3, -0.25) is 4.79 Å². The number of carbonyl (C=O) groups excluding carboxylic acids is 1. The summed E-state index contributed by atoms with van der Waals surface area (Å²) < 4.78 is 25.1. The largest absolute Gasteiger partial charge is 0.353 e. The Labute approximate surface area is 121 Å². The lowest BCUT2D eigenvalue weighted by Gasteiger charge is -2.32. The second kappa shape index (κ2) is 6.87. The van der Waals surface area contributed by atoms with E-state index in [0.717, 1.165) is 25.9 Å². The van der Waals surface area contributed by atoms with Crippen LogP contribution in [-0.4, -0.2) is 56.6 Å². The van der Waals surface area contributed by atoms with Crippen molar-refractivity contribution in [2.75, 3.05) is 31.9 Å². The summed E-state index contributed by atoms with van der Waals surface area (Å²) in [5.74, 6) is 0.341. The summed E-state index contributed by atoms with van der Waals surface area (Å²) in [5.41, 5.74) is 0. The van der Waals surface area contributed by atoms with Crippen LogP contribution in [0.3, 0.4) is 0 Å². The first kappa shape index (κ1) is 15.7. The number of sulfonamides is 1. The molecule has 2 aliphatic heterocycles. The second-order valence-electron chi connectivity index (χ2n) is 5.63. The van der Waals surface area contributed by atoms with E-state index >= 15 is 0 Å². The monoisotopic (exact) mass is 303 g/mol. The molecule has 2 aliphatic rings. The number of nitrogens with zero attached hydrogens (tertiary/aromatic N) is 1. The third-order valence-corrected chi connectivity index (χ3v) is 6.11. The molecule has 2 N–H and O–H groups in total. The lowest BCUT2D eigenvalue weighted by molar-refractivity contribution is -0.126. The first-order valence-corrected chi connectivity index (χ1v) is 9.12. The Morgan fingerprint density at radius 1 is 1.30 bits per heavy atom. The van der Waals surface area contributed by atoms with Crippen molar-refractivity contribution in [3.63, 3.8) is 0 Å². The molecule has 0 aliphatic carbocycles. The summed E-state index contributed by atoms with van der Waals surface area (Å²) in [6.07, 6.45) is 3.42. The van der Waals surface area contributed by atoms with Gasteiger partial charge in [0.1, 0.15) is 0 Å². The summed E-state index contributed by atoms with van der Waals surface area (Å²) in [4.78, 5) is 12.1. The van der Waals surface area contributed by atoms with Crippen LogP contribution in [0.2, 0.25) is 0 Å². The lowest BCUT2D eigenvalue weighted by Crippen LogP contribution is -2.49. The Hall–Kier alpha value is -0.660. The van der Waals surface area contributed by atoms with Crippen LogP contribution in [0.5, 0.6) is 0 Å². The highest BCUT2D eigenvalue weighted by Crippen LogP contribution is 2.16. The zero-order chi connectivity index (χ0) is 14.6. The standard InChI is InChI=1S/C13H25N3O3S/c1-2-20(18,19)16-8-5-12(6-9-16)15-13(17)11-4-3-7-14-10-11/h11-12,14H,2-10H2,1H3,(H,15,17)/t11-/m0/s1. The van der Waals surface area contributed by atoms with Gasteiger partial charge in [-0.25, -0.2) is 12.7 Å². The number of hydrogen-bond donors (Lipinski definition) is 2. The number of carbonyl (C=O) groups is 1. The predicted octanol–water partition coefficient (Wildman–Crippen LogP) is -0.0837. The Bertz CT molecular complexity index is 424.